The monoisotopic (exact) mass is 234 g/mol. The Bertz CT molecular complexity index is 381. The van der Waals surface area contributed by atoms with Crippen LogP contribution in [-0.2, 0) is 7.05 Å². The standard InChI is InChI=1S/C9H13F3N4/c1-15-4-7(13)8(14-15)16(6-2-3-6)5-9(10,11)12/h4,6H,2-3,5,13H2,1H3. The Morgan fingerprint density at radius 1 is 1.56 bits per heavy atom. The van der Waals surface area contributed by atoms with Crippen molar-refractivity contribution in [3.63, 3.8) is 0 Å². The number of rotatable bonds is 3. The predicted octanol–water partition coefficient (Wildman–Crippen LogP) is 1.53. The summed E-state index contributed by atoms with van der Waals surface area (Å²) in [5.74, 6) is 0.238. The number of aryl methyl sites for hydroxylation is 1. The van der Waals surface area contributed by atoms with Crippen LogP contribution in [0.3, 0.4) is 0 Å². The topological polar surface area (TPSA) is 47.1 Å². The zero-order chi connectivity index (χ0) is 11.9. The van der Waals surface area contributed by atoms with E-state index in [2.05, 4.69) is 5.10 Å². The fourth-order valence-corrected chi connectivity index (χ4v) is 1.67. The van der Waals surface area contributed by atoms with Crippen LogP contribution in [0.4, 0.5) is 24.7 Å². The number of hydrogen-bond acceptors (Lipinski definition) is 3. The molecule has 1 aromatic heterocycles. The first kappa shape index (κ1) is 11.1. The molecule has 0 bridgehead atoms. The first-order valence-electron chi connectivity index (χ1n) is 4.99. The van der Waals surface area contributed by atoms with Crippen molar-refractivity contribution >= 4 is 11.5 Å². The van der Waals surface area contributed by atoms with Gasteiger partial charge in [-0.1, -0.05) is 0 Å². The first-order chi connectivity index (χ1) is 7.37. The summed E-state index contributed by atoms with van der Waals surface area (Å²) in [4.78, 5) is 1.25. The maximum atomic E-state index is 12.4. The van der Waals surface area contributed by atoms with E-state index in [-0.39, 0.29) is 11.9 Å². The molecule has 0 aromatic carbocycles. The van der Waals surface area contributed by atoms with Gasteiger partial charge >= 0.3 is 6.18 Å². The van der Waals surface area contributed by atoms with Crippen molar-refractivity contribution in [2.75, 3.05) is 17.2 Å². The van der Waals surface area contributed by atoms with Crippen molar-refractivity contribution < 1.29 is 13.2 Å². The Kier molecular flexibility index (Phi) is 2.47. The Hall–Kier alpha value is -1.40. The predicted molar refractivity (Wildman–Crippen MR) is 54.0 cm³/mol. The molecular formula is C9H13F3N4. The zero-order valence-corrected chi connectivity index (χ0v) is 8.83. The van der Waals surface area contributed by atoms with Crippen molar-refractivity contribution in [3.05, 3.63) is 6.20 Å². The number of nitrogens with two attached hydrogens (primary N) is 1. The molecule has 90 valence electrons. The van der Waals surface area contributed by atoms with Gasteiger partial charge < -0.3 is 10.6 Å². The van der Waals surface area contributed by atoms with Gasteiger partial charge in [-0.05, 0) is 12.8 Å². The molecule has 0 aliphatic heterocycles. The summed E-state index contributed by atoms with van der Waals surface area (Å²) >= 11 is 0. The molecule has 0 saturated heterocycles. The second-order valence-corrected chi connectivity index (χ2v) is 4.06. The van der Waals surface area contributed by atoms with E-state index in [1.54, 1.807) is 7.05 Å². The SMILES string of the molecule is Cn1cc(N)c(N(CC(F)(F)F)C2CC2)n1. The molecule has 2 rings (SSSR count). The van der Waals surface area contributed by atoms with E-state index in [1.807, 2.05) is 0 Å². The minimum atomic E-state index is -4.23. The second kappa shape index (κ2) is 3.57. The van der Waals surface area contributed by atoms with Crippen LogP contribution in [0.1, 0.15) is 12.8 Å². The van der Waals surface area contributed by atoms with Crippen molar-refractivity contribution in [1.82, 2.24) is 9.78 Å². The lowest BCUT2D eigenvalue weighted by atomic mass is 10.4. The zero-order valence-electron chi connectivity index (χ0n) is 8.83. The molecule has 0 spiro atoms. The number of anilines is 2. The maximum absolute atomic E-state index is 12.4. The van der Waals surface area contributed by atoms with Crippen LogP contribution in [0, 0.1) is 0 Å². The van der Waals surface area contributed by atoms with E-state index in [0.29, 0.717) is 5.69 Å². The minimum Gasteiger partial charge on any atom is -0.394 e. The van der Waals surface area contributed by atoms with Crippen LogP contribution in [0.25, 0.3) is 0 Å². The van der Waals surface area contributed by atoms with Gasteiger partial charge in [-0.15, -0.1) is 0 Å². The molecule has 0 unspecified atom stereocenters. The van der Waals surface area contributed by atoms with E-state index in [0.717, 1.165) is 12.8 Å². The smallest absolute Gasteiger partial charge is 0.394 e. The van der Waals surface area contributed by atoms with Gasteiger partial charge in [-0.2, -0.15) is 18.3 Å². The Morgan fingerprint density at radius 3 is 2.56 bits per heavy atom. The fraction of sp³-hybridized carbons (Fsp3) is 0.667. The van der Waals surface area contributed by atoms with E-state index in [1.165, 1.54) is 15.8 Å². The summed E-state index contributed by atoms with van der Waals surface area (Å²) in [7, 11) is 1.64. The molecule has 0 atom stereocenters. The van der Waals surface area contributed by atoms with Gasteiger partial charge in [0.05, 0.1) is 5.69 Å². The third-order valence-corrected chi connectivity index (χ3v) is 2.45. The first-order valence-corrected chi connectivity index (χ1v) is 4.99. The van der Waals surface area contributed by atoms with Crippen molar-refractivity contribution in [2.45, 2.75) is 25.1 Å². The van der Waals surface area contributed by atoms with Crippen LogP contribution in [0.5, 0.6) is 0 Å². The van der Waals surface area contributed by atoms with Gasteiger partial charge in [0.25, 0.3) is 0 Å². The largest absolute Gasteiger partial charge is 0.405 e. The van der Waals surface area contributed by atoms with Crippen LogP contribution in [0.2, 0.25) is 0 Å². The Balaban J connectivity index is 2.22. The van der Waals surface area contributed by atoms with E-state index < -0.39 is 12.7 Å². The molecule has 1 aliphatic carbocycles. The highest BCUT2D eigenvalue weighted by Gasteiger charge is 2.39. The summed E-state index contributed by atoms with van der Waals surface area (Å²) in [5, 5.41) is 3.97. The highest BCUT2D eigenvalue weighted by Crippen LogP contribution is 2.35. The lowest BCUT2D eigenvalue weighted by molar-refractivity contribution is -0.120. The van der Waals surface area contributed by atoms with Gasteiger partial charge in [0.1, 0.15) is 6.54 Å². The highest BCUT2D eigenvalue weighted by molar-refractivity contribution is 5.62. The normalized spacial score (nSPS) is 16.5. The van der Waals surface area contributed by atoms with Crippen molar-refractivity contribution in [3.8, 4) is 0 Å². The average Bonchev–Trinajstić information content (AvgIpc) is 2.87. The summed E-state index contributed by atoms with van der Waals surface area (Å²) in [6.07, 6.45) is -1.17. The van der Waals surface area contributed by atoms with E-state index in [4.69, 9.17) is 5.73 Å². The molecule has 4 nitrogen and oxygen atoms in total. The van der Waals surface area contributed by atoms with Crippen LogP contribution in [0.15, 0.2) is 6.20 Å². The Morgan fingerprint density at radius 2 is 2.19 bits per heavy atom. The summed E-state index contributed by atoms with van der Waals surface area (Å²) < 4.78 is 38.6. The third kappa shape index (κ3) is 2.40. The Labute approximate surface area is 90.8 Å². The van der Waals surface area contributed by atoms with Gasteiger partial charge in [0.15, 0.2) is 5.82 Å². The number of nitrogens with zero attached hydrogens (tertiary/aromatic N) is 3. The number of alkyl halides is 3. The van der Waals surface area contributed by atoms with Gasteiger partial charge in [0, 0.05) is 19.3 Å². The number of aromatic nitrogens is 2. The third-order valence-electron chi connectivity index (χ3n) is 2.45. The summed E-state index contributed by atoms with van der Waals surface area (Å²) in [5.41, 5.74) is 5.92. The molecule has 16 heavy (non-hydrogen) atoms. The second-order valence-electron chi connectivity index (χ2n) is 4.06. The molecule has 1 heterocycles. The van der Waals surface area contributed by atoms with E-state index in [9.17, 15) is 13.2 Å². The lowest BCUT2D eigenvalue weighted by Gasteiger charge is -2.23. The van der Waals surface area contributed by atoms with Gasteiger partial charge in [0.2, 0.25) is 0 Å². The molecule has 0 amide bonds. The molecule has 0 radical (unpaired) electrons. The van der Waals surface area contributed by atoms with Gasteiger partial charge in [-0.3, -0.25) is 4.68 Å². The quantitative estimate of drug-likeness (QED) is 0.862. The molecule has 7 heteroatoms. The molecule has 1 aromatic rings. The molecule has 2 N–H and O–H groups in total. The van der Waals surface area contributed by atoms with Crippen LogP contribution >= 0.6 is 0 Å². The van der Waals surface area contributed by atoms with E-state index >= 15 is 0 Å². The lowest BCUT2D eigenvalue weighted by Crippen LogP contribution is -2.36. The minimum absolute atomic E-state index is 0.0705. The van der Waals surface area contributed by atoms with Crippen molar-refractivity contribution in [2.24, 2.45) is 7.05 Å². The molecule has 1 saturated carbocycles. The highest BCUT2D eigenvalue weighted by atomic mass is 19.4. The summed E-state index contributed by atoms with van der Waals surface area (Å²) in [6.45, 7) is -0.987. The van der Waals surface area contributed by atoms with Crippen LogP contribution in [-0.4, -0.2) is 28.5 Å². The summed E-state index contributed by atoms with van der Waals surface area (Å²) in [6, 6.07) is -0.0705. The molecular weight excluding hydrogens is 221 g/mol. The van der Waals surface area contributed by atoms with Gasteiger partial charge in [-0.25, -0.2) is 0 Å². The number of nitrogen functional groups attached to an aromatic ring is 1. The van der Waals surface area contributed by atoms with Crippen LogP contribution < -0.4 is 10.6 Å². The van der Waals surface area contributed by atoms with Crippen molar-refractivity contribution in [1.29, 1.82) is 0 Å². The molecule has 1 fully saturated rings. The maximum Gasteiger partial charge on any atom is 0.405 e. The number of halogens is 3. The fourth-order valence-electron chi connectivity index (χ4n) is 1.67. The molecule has 1 aliphatic rings. The number of hydrogen-bond donors (Lipinski definition) is 1. The average molecular weight is 234 g/mol.